The van der Waals surface area contributed by atoms with Crippen LogP contribution in [0.5, 0.6) is 5.75 Å². The third kappa shape index (κ3) is 5.38. The van der Waals surface area contributed by atoms with E-state index in [1.165, 1.54) is 0 Å². The first-order valence-electron chi connectivity index (χ1n) is 13.2. The molecule has 1 spiro atoms. The molecule has 0 radical (unpaired) electrons. The van der Waals surface area contributed by atoms with Gasteiger partial charge in [0.2, 0.25) is 5.91 Å². The minimum atomic E-state index is -0.966. The Balaban J connectivity index is 1.37. The number of hydrogen-bond donors (Lipinski definition) is 0. The van der Waals surface area contributed by atoms with E-state index in [0.717, 1.165) is 5.56 Å². The molecule has 3 aromatic rings. The van der Waals surface area contributed by atoms with Crippen molar-refractivity contribution in [2.45, 2.75) is 31.2 Å². The number of ether oxygens (including phenoxy) is 2. The van der Waals surface area contributed by atoms with Crippen LogP contribution in [0.2, 0.25) is 0 Å². The quantitative estimate of drug-likeness (QED) is 0.487. The smallest absolute Gasteiger partial charge is 0.256 e. The fraction of sp³-hybridized carbons (Fsp3) is 0.323. The second-order valence-corrected chi connectivity index (χ2v) is 10.0. The van der Waals surface area contributed by atoms with Crippen molar-refractivity contribution in [1.82, 2.24) is 14.7 Å². The number of amides is 3. The van der Waals surface area contributed by atoms with Crippen LogP contribution in [0, 0.1) is 0 Å². The SMILES string of the molecule is COc1cccc(C(=O)N2CCC3(CC2)OC[C@@H](C(=O)N(C)Cc2ccccc2)N3C(=O)c2ccccc2)c1. The zero-order valence-corrected chi connectivity index (χ0v) is 22.3. The van der Waals surface area contributed by atoms with E-state index in [1.807, 2.05) is 48.5 Å². The molecule has 0 aromatic heterocycles. The summed E-state index contributed by atoms with van der Waals surface area (Å²) in [6.07, 6.45) is 0.820. The number of benzene rings is 3. The van der Waals surface area contributed by atoms with Gasteiger partial charge in [-0.1, -0.05) is 54.6 Å². The molecule has 2 aliphatic rings. The van der Waals surface area contributed by atoms with E-state index in [4.69, 9.17) is 9.47 Å². The van der Waals surface area contributed by atoms with E-state index in [9.17, 15) is 14.4 Å². The van der Waals surface area contributed by atoms with E-state index < -0.39 is 11.8 Å². The fourth-order valence-corrected chi connectivity index (χ4v) is 5.46. The average Bonchev–Trinajstić information content (AvgIpc) is 3.35. The van der Waals surface area contributed by atoms with Crippen molar-refractivity contribution in [1.29, 1.82) is 0 Å². The van der Waals surface area contributed by atoms with Gasteiger partial charge in [0, 0.05) is 50.7 Å². The van der Waals surface area contributed by atoms with Crippen LogP contribution in [0.3, 0.4) is 0 Å². The van der Waals surface area contributed by atoms with Crippen LogP contribution in [0.4, 0.5) is 0 Å². The van der Waals surface area contributed by atoms with Crippen LogP contribution in [-0.4, -0.2) is 78.0 Å². The zero-order valence-electron chi connectivity index (χ0n) is 22.3. The first-order valence-corrected chi connectivity index (χ1v) is 13.2. The van der Waals surface area contributed by atoms with Gasteiger partial charge in [0.05, 0.1) is 13.7 Å². The Morgan fingerprint density at radius 1 is 0.897 bits per heavy atom. The second-order valence-electron chi connectivity index (χ2n) is 10.0. The van der Waals surface area contributed by atoms with Crippen molar-refractivity contribution in [3.63, 3.8) is 0 Å². The summed E-state index contributed by atoms with van der Waals surface area (Å²) in [5.41, 5.74) is 1.09. The summed E-state index contributed by atoms with van der Waals surface area (Å²) in [6.45, 7) is 1.34. The summed E-state index contributed by atoms with van der Waals surface area (Å²) >= 11 is 0. The first-order chi connectivity index (χ1) is 18.9. The van der Waals surface area contributed by atoms with Crippen LogP contribution in [-0.2, 0) is 16.1 Å². The third-order valence-corrected chi connectivity index (χ3v) is 7.57. The van der Waals surface area contributed by atoms with Gasteiger partial charge < -0.3 is 19.3 Å². The van der Waals surface area contributed by atoms with Gasteiger partial charge in [-0.05, 0) is 35.9 Å². The highest BCUT2D eigenvalue weighted by Crippen LogP contribution is 2.39. The molecule has 8 nitrogen and oxygen atoms in total. The highest BCUT2D eigenvalue weighted by molar-refractivity contribution is 5.98. The van der Waals surface area contributed by atoms with Crippen molar-refractivity contribution in [3.8, 4) is 5.75 Å². The Labute approximate surface area is 228 Å². The normalized spacial score (nSPS) is 18.2. The zero-order chi connectivity index (χ0) is 27.4. The molecule has 2 fully saturated rings. The second kappa shape index (κ2) is 11.3. The van der Waals surface area contributed by atoms with E-state index in [2.05, 4.69) is 0 Å². The Hall–Kier alpha value is -4.17. The lowest BCUT2D eigenvalue weighted by atomic mass is 9.96. The Bertz CT molecular complexity index is 1320. The third-order valence-electron chi connectivity index (χ3n) is 7.57. The lowest BCUT2D eigenvalue weighted by molar-refractivity contribution is -0.137. The van der Waals surface area contributed by atoms with Crippen LogP contribution >= 0.6 is 0 Å². The van der Waals surface area contributed by atoms with Gasteiger partial charge in [0.15, 0.2) is 0 Å². The standard InChI is InChI=1S/C31H33N3O5/c1-32(21-23-10-5-3-6-11-23)30(37)27-22-39-31(34(27)29(36)24-12-7-4-8-13-24)16-18-33(19-17-31)28(35)25-14-9-15-26(20-25)38-2/h3-15,20,27H,16-19,21-22H2,1-2H3/t27-/m0/s1. The van der Waals surface area contributed by atoms with Crippen molar-refractivity contribution in [2.24, 2.45) is 0 Å². The van der Waals surface area contributed by atoms with Crippen molar-refractivity contribution in [3.05, 3.63) is 102 Å². The molecule has 2 saturated heterocycles. The maximum Gasteiger partial charge on any atom is 0.256 e. The van der Waals surface area contributed by atoms with E-state index >= 15 is 0 Å². The number of rotatable bonds is 6. The molecule has 0 N–H and O–H groups in total. The summed E-state index contributed by atoms with van der Waals surface area (Å²) in [5.74, 6) is 0.106. The topological polar surface area (TPSA) is 79.4 Å². The Kier molecular flexibility index (Phi) is 7.65. The number of carbonyl (C=O) groups is 3. The number of hydrogen-bond acceptors (Lipinski definition) is 5. The number of nitrogens with zero attached hydrogens (tertiary/aromatic N) is 3. The molecule has 1 atom stereocenters. The van der Waals surface area contributed by atoms with Crippen molar-refractivity contribution < 1.29 is 23.9 Å². The molecule has 39 heavy (non-hydrogen) atoms. The number of carbonyl (C=O) groups excluding carboxylic acids is 3. The lowest BCUT2D eigenvalue weighted by Crippen LogP contribution is -2.59. The average molecular weight is 528 g/mol. The van der Waals surface area contributed by atoms with Crippen LogP contribution < -0.4 is 4.74 Å². The minimum absolute atomic E-state index is 0.0992. The number of piperidine rings is 1. The predicted octanol–water partition coefficient (Wildman–Crippen LogP) is 3.83. The van der Waals surface area contributed by atoms with Gasteiger partial charge in [-0.25, -0.2) is 0 Å². The van der Waals surface area contributed by atoms with Gasteiger partial charge in [0.25, 0.3) is 11.8 Å². The summed E-state index contributed by atoms with van der Waals surface area (Å²) < 4.78 is 11.6. The van der Waals surface area contributed by atoms with Crippen LogP contribution in [0.1, 0.15) is 39.1 Å². The molecule has 3 amide bonds. The summed E-state index contributed by atoms with van der Waals surface area (Å²) in [7, 11) is 3.32. The molecule has 0 bridgehead atoms. The number of methoxy groups -OCH3 is 1. The molecule has 3 aromatic carbocycles. The van der Waals surface area contributed by atoms with Crippen LogP contribution in [0.15, 0.2) is 84.9 Å². The molecule has 0 saturated carbocycles. The Morgan fingerprint density at radius 2 is 1.54 bits per heavy atom. The van der Waals surface area contributed by atoms with Crippen molar-refractivity contribution in [2.75, 3.05) is 33.9 Å². The largest absolute Gasteiger partial charge is 0.497 e. The van der Waals surface area contributed by atoms with Crippen LogP contribution in [0.25, 0.3) is 0 Å². The van der Waals surface area contributed by atoms with Gasteiger partial charge in [-0.15, -0.1) is 0 Å². The van der Waals surface area contributed by atoms with E-state index in [1.54, 1.807) is 65.3 Å². The molecule has 202 valence electrons. The molecular weight excluding hydrogens is 494 g/mol. The first kappa shape index (κ1) is 26.4. The highest BCUT2D eigenvalue weighted by atomic mass is 16.5. The van der Waals surface area contributed by atoms with E-state index in [-0.39, 0.29) is 24.3 Å². The lowest BCUT2D eigenvalue weighted by Gasteiger charge is -2.44. The van der Waals surface area contributed by atoms with Crippen molar-refractivity contribution >= 4 is 17.7 Å². The maximum absolute atomic E-state index is 13.9. The van der Waals surface area contributed by atoms with E-state index in [0.29, 0.717) is 49.4 Å². The number of likely N-dealkylation sites (N-methyl/N-ethyl adjacent to an activating group) is 1. The fourth-order valence-electron chi connectivity index (χ4n) is 5.46. The summed E-state index contributed by atoms with van der Waals surface area (Å²) in [6, 6.07) is 25.1. The molecule has 0 aliphatic carbocycles. The highest BCUT2D eigenvalue weighted by Gasteiger charge is 2.54. The molecular formula is C31H33N3O5. The molecule has 2 heterocycles. The molecule has 0 unspecified atom stereocenters. The van der Waals surface area contributed by atoms with Gasteiger partial charge in [0.1, 0.15) is 17.5 Å². The summed E-state index contributed by atoms with van der Waals surface area (Å²) in [4.78, 5) is 45.9. The molecule has 2 aliphatic heterocycles. The number of likely N-dealkylation sites (tertiary alicyclic amines) is 1. The Morgan fingerprint density at radius 3 is 2.21 bits per heavy atom. The monoisotopic (exact) mass is 527 g/mol. The van der Waals surface area contributed by atoms with Gasteiger partial charge in [-0.2, -0.15) is 0 Å². The molecule has 8 heteroatoms. The van der Waals surface area contributed by atoms with Gasteiger partial charge in [-0.3, -0.25) is 19.3 Å². The van der Waals surface area contributed by atoms with Gasteiger partial charge >= 0.3 is 0 Å². The maximum atomic E-state index is 13.9. The predicted molar refractivity (Wildman–Crippen MR) is 146 cm³/mol. The molecule has 5 rings (SSSR count). The summed E-state index contributed by atoms with van der Waals surface area (Å²) in [5, 5.41) is 0. The minimum Gasteiger partial charge on any atom is -0.497 e.